The number of nitriles is 1. The molecule has 1 heterocycles. The number of hydrogen-bond acceptors (Lipinski definition) is 5. The van der Waals surface area contributed by atoms with E-state index in [2.05, 4.69) is 21.6 Å². The first kappa shape index (κ1) is 17.8. The lowest BCUT2D eigenvalue weighted by molar-refractivity contribution is 0.102. The molecule has 2 aromatic carbocycles. The monoisotopic (exact) mass is 380 g/mol. The van der Waals surface area contributed by atoms with Crippen LogP contribution in [0.1, 0.15) is 31.5 Å². The van der Waals surface area contributed by atoms with Gasteiger partial charge in [0.1, 0.15) is 0 Å². The van der Waals surface area contributed by atoms with Gasteiger partial charge in [-0.05, 0) is 42.8 Å². The fraction of sp³-hybridized carbons (Fsp3) is 0.0526. The number of aromatic nitrogens is 2. The summed E-state index contributed by atoms with van der Waals surface area (Å²) in [6.07, 6.45) is 1.71. The van der Waals surface area contributed by atoms with Crippen LogP contribution in [0.4, 0.5) is 5.69 Å². The molecule has 3 aromatic rings. The smallest absolute Gasteiger partial charge is 0.286 e. The van der Waals surface area contributed by atoms with Crippen molar-refractivity contribution in [1.29, 1.82) is 5.26 Å². The highest BCUT2D eigenvalue weighted by molar-refractivity contribution is 7.15. The van der Waals surface area contributed by atoms with E-state index in [4.69, 9.17) is 16.9 Å². The van der Waals surface area contributed by atoms with Crippen molar-refractivity contribution in [3.63, 3.8) is 0 Å². The third kappa shape index (κ3) is 4.33. The molecule has 0 fully saturated rings. The van der Waals surface area contributed by atoms with Gasteiger partial charge in [0.05, 0.1) is 16.7 Å². The number of amides is 1. The molecule has 0 aliphatic rings. The SMILES string of the molecule is Cc1ccc(NC(=O)c2nnc(/C(Cl)=C/c3ccc(C#N)cc3)s2)cc1. The molecule has 1 amide bonds. The Balaban J connectivity index is 1.73. The maximum absolute atomic E-state index is 12.3. The van der Waals surface area contributed by atoms with E-state index in [1.807, 2.05) is 31.2 Å². The van der Waals surface area contributed by atoms with Crippen molar-refractivity contribution in [1.82, 2.24) is 10.2 Å². The van der Waals surface area contributed by atoms with E-state index in [-0.39, 0.29) is 10.9 Å². The molecule has 26 heavy (non-hydrogen) atoms. The van der Waals surface area contributed by atoms with Crippen molar-refractivity contribution in [2.24, 2.45) is 0 Å². The number of anilines is 1. The highest BCUT2D eigenvalue weighted by Crippen LogP contribution is 2.26. The Kier molecular flexibility index (Phi) is 5.42. The van der Waals surface area contributed by atoms with Crippen molar-refractivity contribution < 1.29 is 4.79 Å². The van der Waals surface area contributed by atoms with Crippen molar-refractivity contribution in [2.75, 3.05) is 5.32 Å². The van der Waals surface area contributed by atoms with Crippen molar-refractivity contribution in [2.45, 2.75) is 6.92 Å². The summed E-state index contributed by atoms with van der Waals surface area (Å²) in [5, 5.41) is 20.5. The molecule has 3 rings (SSSR count). The highest BCUT2D eigenvalue weighted by Gasteiger charge is 2.14. The zero-order valence-electron chi connectivity index (χ0n) is 13.7. The average molecular weight is 381 g/mol. The van der Waals surface area contributed by atoms with Gasteiger partial charge in [-0.3, -0.25) is 4.79 Å². The van der Waals surface area contributed by atoms with Crippen LogP contribution in [0.2, 0.25) is 0 Å². The largest absolute Gasteiger partial charge is 0.320 e. The third-order valence-electron chi connectivity index (χ3n) is 3.47. The summed E-state index contributed by atoms with van der Waals surface area (Å²) in [4.78, 5) is 12.3. The molecular weight excluding hydrogens is 368 g/mol. The minimum atomic E-state index is -0.333. The number of aryl methyl sites for hydroxylation is 1. The number of benzene rings is 2. The first-order valence-corrected chi connectivity index (χ1v) is 8.84. The van der Waals surface area contributed by atoms with Crippen LogP contribution in [0, 0.1) is 18.3 Å². The lowest BCUT2D eigenvalue weighted by Crippen LogP contribution is -2.11. The van der Waals surface area contributed by atoms with E-state index in [1.54, 1.807) is 30.3 Å². The molecular formula is C19H13ClN4OS. The van der Waals surface area contributed by atoms with Gasteiger partial charge in [0.25, 0.3) is 5.91 Å². The van der Waals surface area contributed by atoms with Gasteiger partial charge in [0, 0.05) is 5.69 Å². The number of nitrogens with one attached hydrogen (secondary N) is 1. The molecule has 0 bridgehead atoms. The summed E-state index contributed by atoms with van der Waals surface area (Å²) in [7, 11) is 0. The molecule has 1 aromatic heterocycles. The number of halogens is 1. The van der Waals surface area contributed by atoms with E-state index in [1.165, 1.54) is 0 Å². The molecule has 5 nitrogen and oxygen atoms in total. The van der Waals surface area contributed by atoms with E-state index in [0.717, 1.165) is 22.5 Å². The number of nitrogens with zero attached hydrogens (tertiary/aromatic N) is 3. The standard InChI is InChI=1S/C19H13ClN4OS/c1-12-2-8-15(9-3-12)22-17(25)19-24-23-18(26-19)16(20)10-13-4-6-14(11-21)7-5-13/h2-10H,1H3,(H,22,25)/b16-10-. The number of carbonyl (C=O) groups excluding carboxylic acids is 1. The summed E-state index contributed by atoms with van der Waals surface area (Å²) >= 11 is 7.39. The van der Waals surface area contributed by atoms with Gasteiger partial charge >= 0.3 is 0 Å². The van der Waals surface area contributed by atoms with Gasteiger partial charge in [-0.2, -0.15) is 5.26 Å². The Morgan fingerprint density at radius 2 is 1.77 bits per heavy atom. The topological polar surface area (TPSA) is 78.7 Å². The van der Waals surface area contributed by atoms with Crippen molar-refractivity contribution in [3.05, 3.63) is 75.2 Å². The van der Waals surface area contributed by atoms with Gasteiger partial charge in [0.15, 0.2) is 5.01 Å². The van der Waals surface area contributed by atoms with Crippen LogP contribution >= 0.6 is 22.9 Å². The zero-order chi connectivity index (χ0) is 18.5. The van der Waals surface area contributed by atoms with E-state index in [0.29, 0.717) is 21.3 Å². The summed E-state index contributed by atoms with van der Waals surface area (Å²) in [5.74, 6) is -0.333. The van der Waals surface area contributed by atoms with Gasteiger partial charge in [-0.25, -0.2) is 0 Å². The van der Waals surface area contributed by atoms with E-state index in [9.17, 15) is 4.79 Å². The molecule has 0 aliphatic carbocycles. The molecule has 128 valence electrons. The predicted octanol–water partition coefficient (Wildman–Crippen LogP) is 4.71. The second kappa shape index (κ2) is 7.91. The van der Waals surface area contributed by atoms with Crippen LogP contribution in [0.5, 0.6) is 0 Å². The highest BCUT2D eigenvalue weighted by atomic mass is 35.5. The minimum Gasteiger partial charge on any atom is -0.320 e. The van der Waals surface area contributed by atoms with Crippen LogP contribution in [0.3, 0.4) is 0 Å². The lowest BCUT2D eigenvalue weighted by atomic mass is 10.1. The molecule has 0 atom stereocenters. The second-order valence-corrected chi connectivity index (χ2v) is 6.84. The fourth-order valence-corrected chi connectivity index (χ4v) is 3.02. The summed E-state index contributed by atoms with van der Waals surface area (Å²) in [5.41, 5.74) is 3.21. The van der Waals surface area contributed by atoms with Gasteiger partial charge in [-0.1, -0.05) is 52.8 Å². The molecule has 0 saturated carbocycles. The minimum absolute atomic E-state index is 0.229. The Morgan fingerprint density at radius 1 is 1.12 bits per heavy atom. The maximum Gasteiger partial charge on any atom is 0.286 e. The summed E-state index contributed by atoms with van der Waals surface area (Å²) in [6, 6.07) is 16.5. The molecule has 1 N–H and O–H groups in total. The van der Waals surface area contributed by atoms with Crippen LogP contribution in [0.15, 0.2) is 48.5 Å². The maximum atomic E-state index is 12.3. The van der Waals surface area contributed by atoms with Crippen LogP contribution < -0.4 is 5.32 Å². The zero-order valence-corrected chi connectivity index (χ0v) is 15.3. The number of rotatable bonds is 4. The summed E-state index contributed by atoms with van der Waals surface area (Å²) < 4.78 is 0. The Morgan fingerprint density at radius 3 is 2.42 bits per heavy atom. The molecule has 0 saturated heterocycles. The van der Waals surface area contributed by atoms with Crippen molar-refractivity contribution >= 4 is 45.6 Å². The molecule has 0 unspecified atom stereocenters. The third-order valence-corrected chi connectivity index (χ3v) is 4.82. The van der Waals surface area contributed by atoms with Gasteiger partial charge < -0.3 is 5.32 Å². The molecule has 0 radical (unpaired) electrons. The summed E-state index contributed by atoms with van der Waals surface area (Å²) in [6.45, 7) is 1.98. The average Bonchev–Trinajstić information content (AvgIpc) is 3.15. The van der Waals surface area contributed by atoms with E-state index >= 15 is 0 Å². The number of hydrogen-bond donors (Lipinski definition) is 1. The van der Waals surface area contributed by atoms with Crippen LogP contribution in [0.25, 0.3) is 11.1 Å². The van der Waals surface area contributed by atoms with Crippen LogP contribution in [-0.2, 0) is 0 Å². The second-order valence-electron chi connectivity index (χ2n) is 5.46. The normalized spacial score (nSPS) is 11.0. The molecule has 7 heteroatoms. The first-order valence-electron chi connectivity index (χ1n) is 7.64. The predicted molar refractivity (Wildman–Crippen MR) is 104 cm³/mol. The quantitative estimate of drug-likeness (QED) is 0.711. The number of carbonyl (C=O) groups is 1. The molecule has 0 aliphatic heterocycles. The molecule has 0 spiro atoms. The Hall–Kier alpha value is -3.01. The van der Waals surface area contributed by atoms with Gasteiger partial charge in [0.2, 0.25) is 5.01 Å². The Labute approximate surface area is 159 Å². The van der Waals surface area contributed by atoms with E-state index < -0.39 is 0 Å². The fourth-order valence-electron chi connectivity index (χ4n) is 2.09. The van der Waals surface area contributed by atoms with Crippen molar-refractivity contribution in [3.8, 4) is 6.07 Å². The Bertz CT molecular complexity index is 1000. The lowest BCUT2D eigenvalue weighted by Gasteiger charge is -2.02. The van der Waals surface area contributed by atoms with Gasteiger partial charge in [-0.15, -0.1) is 10.2 Å². The first-order chi connectivity index (χ1) is 12.5. The van der Waals surface area contributed by atoms with Crippen LogP contribution in [-0.4, -0.2) is 16.1 Å².